The molecule has 1 heterocycles. The number of nitrogens with zero attached hydrogens (tertiary/aromatic N) is 2. The van der Waals surface area contributed by atoms with Gasteiger partial charge in [-0.25, -0.2) is 0 Å². The van der Waals surface area contributed by atoms with E-state index in [4.69, 9.17) is 4.74 Å². The summed E-state index contributed by atoms with van der Waals surface area (Å²) in [5.41, 5.74) is 1.82. The van der Waals surface area contributed by atoms with E-state index in [2.05, 4.69) is 49.1 Å². The molecule has 1 N–H and O–H groups in total. The summed E-state index contributed by atoms with van der Waals surface area (Å²) in [5.74, 6) is 0.610. The van der Waals surface area contributed by atoms with Crippen LogP contribution in [0.5, 0.6) is 5.75 Å². The number of benzene rings is 2. The zero-order valence-electron chi connectivity index (χ0n) is 19.9. The summed E-state index contributed by atoms with van der Waals surface area (Å²) in [7, 11) is 0. The van der Waals surface area contributed by atoms with Gasteiger partial charge in [0.1, 0.15) is 17.4 Å². The molecule has 1 saturated heterocycles. The fraction of sp³-hybridized carbons (Fsp3) is 0.571. The van der Waals surface area contributed by atoms with Gasteiger partial charge in [-0.3, -0.25) is 9.69 Å². The van der Waals surface area contributed by atoms with Gasteiger partial charge >= 0.3 is 5.97 Å². The third kappa shape index (κ3) is 5.17. The molecule has 176 valence electrons. The molecule has 33 heavy (non-hydrogen) atoms. The summed E-state index contributed by atoms with van der Waals surface area (Å²) >= 11 is 0. The van der Waals surface area contributed by atoms with Crippen LogP contribution in [-0.4, -0.2) is 35.2 Å². The van der Waals surface area contributed by atoms with Gasteiger partial charge in [0, 0.05) is 11.4 Å². The van der Waals surface area contributed by atoms with Crippen LogP contribution in [0.1, 0.15) is 82.4 Å². The molecular formula is C28H36N2O3. The Morgan fingerprint density at radius 3 is 2.42 bits per heavy atom. The average molecular weight is 449 g/mol. The third-order valence-corrected chi connectivity index (χ3v) is 7.87. The molecule has 1 aliphatic carbocycles. The molecule has 2 aliphatic rings. The summed E-state index contributed by atoms with van der Waals surface area (Å²) in [6.07, 6.45) is 8.30. The van der Waals surface area contributed by atoms with Gasteiger partial charge in [0.2, 0.25) is 0 Å². The van der Waals surface area contributed by atoms with Gasteiger partial charge in [-0.05, 0) is 87.0 Å². The highest BCUT2D eigenvalue weighted by Gasteiger charge is 2.29. The van der Waals surface area contributed by atoms with Crippen LogP contribution in [0.15, 0.2) is 30.3 Å². The van der Waals surface area contributed by atoms with Gasteiger partial charge in [-0.2, -0.15) is 5.26 Å². The molecule has 0 amide bonds. The van der Waals surface area contributed by atoms with Crippen molar-refractivity contribution in [1.29, 1.82) is 5.26 Å². The second kappa shape index (κ2) is 10.6. The number of hydrogen-bond donors (Lipinski definition) is 1. The van der Waals surface area contributed by atoms with E-state index in [0.29, 0.717) is 24.2 Å². The minimum Gasteiger partial charge on any atom is -0.489 e. The van der Waals surface area contributed by atoms with E-state index in [1.807, 2.05) is 6.07 Å². The lowest BCUT2D eigenvalue weighted by Crippen LogP contribution is -2.38. The molecule has 1 unspecified atom stereocenters. The Hall–Kier alpha value is -2.58. The third-order valence-electron chi connectivity index (χ3n) is 7.87. The molecule has 0 spiro atoms. The average Bonchev–Trinajstić information content (AvgIpc) is 2.85. The van der Waals surface area contributed by atoms with Crippen molar-refractivity contribution >= 4 is 16.7 Å². The number of carboxylic acid groups (broad SMARTS) is 1. The fourth-order valence-corrected chi connectivity index (χ4v) is 5.74. The molecule has 0 bridgehead atoms. The monoisotopic (exact) mass is 448 g/mol. The summed E-state index contributed by atoms with van der Waals surface area (Å²) in [6, 6.07) is 13.1. The van der Waals surface area contributed by atoms with Crippen LogP contribution in [0, 0.1) is 23.2 Å². The molecule has 2 aromatic carbocycles. The van der Waals surface area contributed by atoms with E-state index < -0.39 is 5.97 Å². The largest absolute Gasteiger partial charge is 0.489 e. The Morgan fingerprint density at radius 1 is 1.12 bits per heavy atom. The number of likely N-dealkylation sites (tertiary alicyclic amines) is 1. The molecule has 0 radical (unpaired) electrons. The summed E-state index contributed by atoms with van der Waals surface area (Å²) in [6.45, 7) is 6.03. The molecule has 1 atom stereocenters. The van der Waals surface area contributed by atoms with Gasteiger partial charge in [-0.15, -0.1) is 0 Å². The number of piperidine rings is 1. The summed E-state index contributed by atoms with van der Waals surface area (Å²) in [5, 5.41) is 21.4. The number of hydrogen-bond acceptors (Lipinski definition) is 4. The number of ether oxygens (including phenoxy) is 1. The molecule has 2 aromatic rings. The predicted octanol–water partition coefficient (Wildman–Crippen LogP) is 6.31. The lowest BCUT2D eigenvalue weighted by atomic mass is 9.86. The van der Waals surface area contributed by atoms with Crippen molar-refractivity contribution in [3.05, 3.63) is 41.5 Å². The molecule has 2 fully saturated rings. The molecule has 1 aliphatic heterocycles. The van der Waals surface area contributed by atoms with Crippen LogP contribution in [0.3, 0.4) is 0 Å². The SMILES string of the molecule is CCC(c1ccc2ccc(O[C@H]3CC[C@@H](CC)CC3)c(C#N)c2c1)N1CCC(C(=O)O)CC1. The van der Waals surface area contributed by atoms with E-state index >= 15 is 0 Å². The fourth-order valence-electron chi connectivity index (χ4n) is 5.74. The zero-order valence-corrected chi connectivity index (χ0v) is 19.9. The Morgan fingerprint density at radius 2 is 1.82 bits per heavy atom. The zero-order chi connectivity index (χ0) is 23.4. The van der Waals surface area contributed by atoms with Crippen LogP contribution in [0.4, 0.5) is 0 Å². The Kier molecular flexibility index (Phi) is 7.55. The second-order valence-electron chi connectivity index (χ2n) is 9.77. The van der Waals surface area contributed by atoms with Crippen LogP contribution in [0.2, 0.25) is 0 Å². The summed E-state index contributed by atoms with van der Waals surface area (Å²) < 4.78 is 6.37. The maximum Gasteiger partial charge on any atom is 0.306 e. The van der Waals surface area contributed by atoms with Crippen LogP contribution in [-0.2, 0) is 4.79 Å². The topological polar surface area (TPSA) is 73.6 Å². The van der Waals surface area contributed by atoms with E-state index in [1.165, 1.54) is 24.8 Å². The van der Waals surface area contributed by atoms with Gasteiger partial charge in [-0.1, -0.05) is 38.5 Å². The van der Waals surface area contributed by atoms with Gasteiger partial charge in [0.05, 0.1) is 12.0 Å². The highest BCUT2D eigenvalue weighted by atomic mass is 16.5. The van der Waals surface area contributed by atoms with Crippen LogP contribution < -0.4 is 4.74 Å². The Bertz CT molecular complexity index is 1010. The van der Waals surface area contributed by atoms with Crippen molar-refractivity contribution in [1.82, 2.24) is 4.90 Å². The van der Waals surface area contributed by atoms with Crippen molar-refractivity contribution in [3.8, 4) is 11.8 Å². The summed E-state index contributed by atoms with van der Waals surface area (Å²) in [4.78, 5) is 13.7. The highest BCUT2D eigenvalue weighted by molar-refractivity contribution is 5.90. The first-order chi connectivity index (χ1) is 16.0. The second-order valence-corrected chi connectivity index (χ2v) is 9.77. The van der Waals surface area contributed by atoms with Crippen molar-refractivity contribution in [2.75, 3.05) is 13.1 Å². The lowest BCUT2D eigenvalue weighted by molar-refractivity contribution is -0.143. The van der Waals surface area contributed by atoms with Crippen molar-refractivity contribution in [2.45, 2.75) is 77.4 Å². The molecular weight excluding hydrogens is 412 g/mol. The van der Waals surface area contributed by atoms with Crippen LogP contribution >= 0.6 is 0 Å². The number of nitriles is 1. The van der Waals surface area contributed by atoms with Gasteiger partial charge in [0.15, 0.2) is 0 Å². The van der Waals surface area contributed by atoms with Crippen molar-refractivity contribution in [2.24, 2.45) is 11.8 Å². The van der Waals surface area contributed by atoms with E-state index in [0.717, 1.165) is 49.0 Å². The normalized spacial score (nSPS) is 23.2. The lowest BCUT2D eigenvalue weighted by Gasteiger charge is -2.36. The van der Waals surface area contributed by atoms with Crippen molar-refractivity contribution in [3.63, 3.8) is 0 Å². The van der Waals surface area contributed by atoms with E-state index in [9.17, 15) is 15.2 Å². The molecule has 5 heteroatoms. The van der Waals surface area contributed by atoms with Gasteiger partial charge < -0.3 is 9.84 Å². The maximum absolute atomic E-state index is 11.3. The maximum atomic E-state index is 11.3. The predicted molar refractivity (Wildman–Crippen MR) is 130 cm³/mol. The van der Waals surface area contributed by atoms with Crippen molar-refractivity contribution < 1.29 is 14.6 Å². The first kappa shape index (κ1) is 23.6. The smallest absolute Gasteiger partial charge is 0.306 e. The number of aliphatic carboxylic acids is 1. The van der Waals surface area contributed by atoms with Gasteiger partial charge in [0.25, 0.3) is 0 Å². The quantitative estimate of drug-likeness (QED) is 0.537. The van der Waals surface area contributed by atoms with Crippen LogP contribution in [0.25, 0.3) is 10.8 Å². The highest BCUT2D eigenvalue weighted by Crippen LogP contribution is 2.36. The first-order valence-corrected chi connectivity index (χ1v) is 12.6. The molecule has 4 rings (SSSR count). The number of rotatable bonds is 7. The molecule has 0 aromatic heterocycles. The minimum absolute atomic E-state index is 0.194. The number of carboxylic acids is 1. The molecule has 5 nitrogen and oxygen atoms in total. The Labute approximate surface area is 197 Å². The van der Waals surface area contributed by atoms with E-state index in [-0.39, 0.29) is 18.1 Å². The number of fused-ring (bicyclic) bond motifs is 1. The molecule has 1 saturated carbocycles. The minimum atomic E-state index is -0.678. The Balaban J connectivity index is 1.57. The standard InChI is InChI=1S/C28H36N2O3/c1-3-19-5-10-23(11-6-19)33-27-12-9-20-7-8-22(17-24(20)25(27)18-29)26(4-2)30-15-13-21(14-16-30)28(31)32/h7-9,12,17,19,21,23,26H,3-6,10-11,13-16H2,1-2H3,(H,31,32)/t19-,23+,26?. The van der Waals surface area contributed by atoms with E-state index in [1.54, 1.807) is 0 Å². The number of carbonyl (C=O) groups is 1. The first-order valence-electron chi connectivity index (χ1n) is 12.6.